The van der Waals surface area contributed by atoms with Gasteiger partial charge in [-0.25, -0.2) is 4.68 Å². The zero-order valence-electron chi connectivity index (χ0n) is 18.9. The van der Waals surface area contributed by atoms with Crippen molar-refractivity contribution < 1.29 is 9.84 Å². The Morgan fingerprint density at radius 2 is 1.84 bits per heavy atom. The maximum absolute atomic E-state index is 10.6. The Labute approximate surface area is 191 Å². The second-order valence-corrected chi connectivity index (χ2v) is 8.69. The molecule has 1 N–H and O–H groups in total. The van der Waals surface area contributed by atoms with Crippen LogP contribution in [0.1, 0.15) is 36.9 Å². The van der Waals surface area contributed by atoms with Gasteiger partial charge in [-0.15, -0.1) is 6.58 Å². The minimum absolute atomic E-state index is 0.366. The highest BCUT2D eigenvalue weighted by Gasteiger charge is 2.28. The van der Waals surface area contributed by atoms with Crippen LogP contribution in [0.2, 0.25) is 0 Å². The lowest BCUT2D eigenvalue weighted by Gasteiger charge is -2.25. The number of rotatable bonds is 12. The average Bonchev–Trinajstić information content (AvgIpc) is 3.58. The first-order chi connectivity index (χ1) is 15.6. The van der Waals surface area contributed by atoms with Crippen molar-refractivity contribution >= 4 is 0 Å². The van der Waals surface area contributed by atoms with Crippen molar-refractivity contribution in [1.29, 1.82) is 0 Å². The van der Waals surface area contributed by atoms with E-state index in [2.05, 4.69) is 11.5 Å². The van der Waals surface area contributed by atoms with Gasteiger partial charge in [-0.05, 0) is 62.8 Å². The number of hydrogen-bond donors (Lipinski definition) is 1. The van der Waals surface area contributed by atoms with E-state index in [9.17, 15) is 5.11 Å². The monoisotopic (exact) mass is 431 g/mol. The molecule has 0 radical (unpaired) electrons. The summed E-state index contributed by atoms with van der Waals surface area (Å²) in [7, 11) is 0. The molecule has 1 atom stereocenters. The summed E-state index contributed by atoms with van der Waals surface area (Å²) < 4.78 is 8.30. The topological polar surface area (TPSA) is 50.5 Å². The normalized spacial score (nSPS) is 14.5. The number of nitrogens with zero attached hydrogens (tertiary/aromatic N) is 3. The number of ether oxygens (including phenoxy) is 1. The van der Waals surface area contributed by atoms with Gasteiger partial charge in [0, 0.05) is 19.6 Å². The van der Waals surface area contributed by atoms with Crippen LogP contribution in [-0.2, 0) is 6.54 Å². The molecule has 0 amide bonds. The average molecular weight is 432 g/mol. The molecule has 168 valence electrons. The van der Waals surface area contributed by atoms with E-state index in [0.29, 0.717) is 13.1 Å². The molecule has 0 spiro atoms. The Kier molecular flexibility index (Phi) is 7.40. The molecule has 0 bridgehead atoms. The van der Waals surface area contributed by atoms with Crippen molar-refractivity contribution in [3.8, 4) is 17.3 Å². The number of allylic oxidation sites excluding steroid dienone is 1. The largest absolute Gasteiger partial charge is 0.439 e. The molecule has 0 aliphatic heterocycles. The highest BCUT2D eigenvalue weighted by molar-refractivity contribution is 5.43. The fraction of sp³-hybridized carbons (Fsp3) is 0.370. The highest BCUT2D eigenvalue weighted by Crippen LogP contribution is 2.34. The zero-order chi connectivity index (χ0) is 22.3. The third-order valence-corrected chi connectivity index (χ3v) is 5.86. The Balaban J connectivity index is 1.64. The van der Waals surface area contributed by atoms with Crippen LogP contribution in [-0.4, -0.2) is 39.0 Å². The maximum Gasteiger partial charge on any atom is 0.227 e. The van der Waals surface area contributed by atoms with E-state index in [1.807, 2.05) is 78.3 Å². The van der Waals surface area contributed by atoms with E-state index in [1.54, 1.807) is 0 Å². The van der Waals surface area contributed by atoms with Gasteiger partial charge in [0.1, 0.15) is 5.75 Å². The van der Waals surface area contributed by atoms with E-state index in [0.717, 1.165) is 53.9 Å². The minimum atomic E-state index is -0.366. The molecule has 0 unspecified atom stereocenters. The Bertz CT molecular complexity index is 997. The zero-order valence-corrected chi connectivity index (χ0v) is 18.9. The summed E-state index contributed by atoms with van der Waals surface area (Å²) in [6, 6.07) is 19.9. The number of benzene rings is 2. The van der Waals surface area contributed by atoms with Crippen molar-refractivity contribution in [2.24, 2.45) is 5.92 Å². The first-order valence-corrected chi connectivity index (χ1v) is 11.5. The van der Waals surface area contributed by atoms with Gasteiger partial charge >= 0.3 is 0 Å². The highest BCUT2D eigenvalue weighted by atomic mass is 16.5. The van der Waals surface area contributed by atoms with Crippen LogP contribution >= 0.6 is 0 Å². The molecule has 32 heavy (non-hydrogen) atoms. The molecule has 2 aromatic carbocycles. The summed E-state index contributed by atoms with van der Waals surface area (Å²) >= 11 is 0. The third-order valence-electron chi connectivity index (χ3n) is 5.86. The number of aryl methyl sites for hydroxylation is 1. The van der Waals surface area contributed by atoms with E-state index in [4.69, 9.17) is 9.84 Å². The van der Waals surface area contributed by atoms with Crippen molar-refractivity contribution in [2.45, 2.75) is 45.3 Å². The van der Waals surface area contributed by atoms with Crippen LogP contribution in [0.3, 0.4) is 0 Å². The summed E-state index contributed by atoms with van der Waals surface area (Å²) in [5.41, 5.74) is 2.97. The molecule has 1 fully saturated rings. The van der Waals surface area contributed by atoms with Crippen LogP contribution in [0.5, 0.6) is 11.6 Å². The van der Waals surface area contributed by atoms with Gasteiger partial charge < -0.3 is 9.84 Å². The summed E-state index contributed by atoms with van der Waals surface area (Å²) in [6.45, 7) is 8.15. The van der Waals surface area contributed by atoms with Gasteiger partial charge in [0.2, 0.25) is 5.88 Å². The van der Waals surface area contributed by atoms with Crippen LogP contribution in [0.15, 0.2) is 73.3 Å². The fourth-order valence-electron chi connectivity index (χ4n) is 3.96. The van der Waals surface area contributed by atoms with Crippen LogP contribution in [0.4, 0.5) is 0 Å². The number of para-hydroxylation sites is 2. The SMILES string of the molecule is C=CCC[C@@H](O)CN(Cc1c(C)nn(-c2ccccc2)c1Oc1ccccc1)CC1CC1. The summed E-state index contributed by atoms with van der Waals surface area (Å²) in [6.07, 6.45) is 5.61. The maximum atomic E-state index is 10.6. The third kappa shape index (κ3) is 5.87. The quantitative estimate of drug-likeness (QED) is 0.384. The lowest BCUT2D eigenvalue weighted by Crippen LogP contribution is -2.34. The molecule has 1 aromatic heterocycles. The number of aromatic nitrogens is 2. The second kappa shape index (κ2) is 10.6. The summed E-state index contributed by atoms with van der Waals surface area (Å²) in [5.74, 6) is 2.25. The predicted octanol–water partition coefficient (Wildman–Crippen LogP) is 5.51. The van der Waals surface area contributed by atoms with E-state index in [-0.39, 0.29) is 6.10 Å². The lowest BCUT2D eigenvalue weighted by molar-refractivity contribution is 0.0991. The minimum Gasteiger partial charge on any atom is -0.439 e. The lowest BCUT2D eigenvalue weighted by atomic mass is 10.1. The van der Waals surface area contributed by atoms with Gasteiger partial charge in [-0.3, -0.25) is 4.90 Å². The molecule has 5 heteroatoms. The molecule has 4 rings (SSSR count). The molecule has 1 saturated carbocycles. The first-order valence-electron chi connectivity index (χ1n) is 11.5. The molecular formula is C27H33N3O2. The van der Waals surface area contributed by atoms with E-state index >= 15 is 0 Å². The number of aliphatic hydroxyl groups is 1. The Morgan fingerprint density at radius 1 is 1.16 bits per heavy atom. The summed E-state index contributed by atoms with van der Waals surface area (Å²) in [5, 5.41) is 15.4. The number of aliphatic hydroxyl groups excluding tert-OH is 1. The van der Waals surface area contributed by atoms with Crippen LogP contribution in [0, 0.1) is 12.8 Å². The van der Waals surface area contributed by atoms with Crippen molar-refractivity contribution in [1.82, 2.24) is 14.7 Å². The number of hydrogen-bond acceptors (Lipinski definition) is 4. The molecule has 1 aliphatic rings. The van der Waals surface area contributed by atoms with Gasteiger partial charge in [-0.2, -0.15) is 5.10 Å². The van der Waals surface area contributed by atoms with Gasteiger partial charge in [-0.1, -0.05) is 42.5 Å². The van der Waals surface area contributed by atoms with Crippen molar-refractivity contribution in [2.75, 3.05) is 13.1 Å². The molecule has 3 aromatic rings. The fourth-order valence-corrected chi connectivity index (χ4v) is 3.96. The van der Waals surface area contributed by atoms with Gasteiger partial charge in [0.05, 0.1) is 23.0 Å². The Hall–Kier alpha value is -2.89. The molecule has 1 aliphatic carbocycles. The van der Waals surface area contributed by atoms with Gasteiger partial charge in [0.25, 0.3) is 0 Å². The van der Waals surface area contributed by atoms with E-state index < -0.39 is 0 Å². The van der Waals surface area contributed by atoms with Crippen molar-refractivity contribution in [3.63, 3.8) is 0 Å². The predicted molar refractivity (Wildman–Crippen MR) is 128 cm³/mol. The standard InChI is InChI=1S/C27H33N3O2/c1-3-4-13-24(31)19-29(18-22-16-17-22)20-26-21(2)28-30(23-11-7-5-8-12-23)27(26)32-25-14-9-6-10-15-25/h3,5-12,14-15,22,24,31H,1,4,13,16-20H2,2H3/t24-/m1/s1. The van der Waals surface area contributed by atoms with E-state index in [1.165, 1.54) is 12.8 Å². The Morgan fingerprint density at radius 3 is 2.50 bits per heavy atom. The molecule has 1 heterocycles. The van der Waals surface area contributed by atoms with Crippen LogP contribution in [0.25, 0.3) is 5.69 Å². The smallest absolute Gasteiger partial charge is 0.227 e. The summed E-state index contributed by atoms with van der Waals surface area (Å²) in [4.78, 5) is 2.36. The molecule has 5 nitrogen and oxygen atoms in total. The van der Waals surface area contributed by atoms with Crippen molar-refractivity contribution in [3.05, 3.63) is 84.6 Å². The molecule has 0 saturated heterocycles. The molecular weight excluding hydrogens is 398 g/mol. The van der Waals surface area contributed by atoms with Gasteiger partial charge in [0.15, 0.2) is 0 Å². The second-order valence-electron chi connectivity index (χ2n) is 8.69. The van der Waals surface area contributed by atoms with Crippen LogP contribution < -0.4 is 4.74 Å². The first kappa shape index (κ1) is 22.3.